The summed E-state index contributed by atoms with van der Waals surface area (Å²) in [6.07, 6.45) is 1.65. The molecule has 0 bridgehead atoms. The van der Waals surface area contributed by atoms with Crippen molar-refractivity contribution in [3.8, 4) is 5.75 Å². The molecule has 3 heteroatoms. The number of benzene rings is 2. The van der Waals surface area contributed by atoms with Crippen molar-refractivity contribution < 1.29 is 9.53 Å². The number of rotatable bonds is 2. The normalized spacial score (nSPS) is 17.3. The Labute approximate surface area is 130 Å². The Morgan fingerprint density at radius 1 is 1.14 bits per heavy atom. The first-order valence-corrected chi connectivity index (χ1v) is 7.34. The van der Waals surface area contributed by atoms with Gasteiger partial charge in [0.2, 0.25) is 0 Å². The molecule has 0 atom stereocenters. The zero-order chi connectivity index (χ0) is 15.7. The molecule has 3 rings (SSSR count). The first kappa shape index (κ1) is 14.4. The second-order valence-electron chi connectivity index (χ2n) is 6.03. The minimum atomic E-state index is -0.552. The number of ether oxygens (including phenoxy) is 1. The molecule has 0 aromatic heterocycles. The Morgan fingerprint density at radius 2 is 1.86 bits per heavy atom. The van der Waals surface area contributed by atoms with Crippen molar-refractivity contribution in [2.75, 3.05) is 0 Å². The average molecular weight is 293 g/mol. The van der Waals surface area contributed by atoms with Gasteiger partial charge in [-0.3, -0.25) is 4.79 Å². The fourth-order valence-electron chi connectivity index (χ4n) is 2.56. The Kier molecular flexibility index (Phi) is 3.49. The largest absolute Gasteiger partial charge is 0.468 e. The van der Waals surface area contributed by atoms with Crippen LogP contribution in [0.15, 0.2) is 54.6 Å². The van der Waals surface area contributed by atoms with Gasteiger partial charge in [0.1, 0.15) is 5.75 Å². The van der Waals surface area contributed by atoms with Crippen LogP contribution in [0.5, 0.6) is 5.75 Å². The number of aryl methyl sites for hydroxylation is 1. The molecule has 0 fully saturated rings. The van der Waals surface area contributed by atoms with Gasteiger partial charge in [-0.25, -0.2) is 0 Å². The van der Waals surface area contributed by atoms with Crippen LogP contribution in [0.4, 0.5) is 0 Å². The van der Waals surface area contributed by atoms with Crippen LogP contribution < -0.4 is 10.1 Å². The van der Waals surface area contributed by atoms with Crippen molar-refractivity contribution >= 4 is 11.5 Å². The molecule has 2 aromatic rings. The number of hydrogen-bond acceptors (Lipinski definition) is 3. The monoisotopic (exact) mass is 293 g/mol. The Bertz CT molecular complexity index is 745. The number of allylic oxidation sites excluding steroid dienone is 1. The zero-order valence-corrected chi connectivity index (χ0v) is 13.0. The van der Waals surface area contributed by atoms with E-state index in [0.29, 0.717) is 5.56 Å². The Morgan fingerprint density at radius 3 is 2.59 bits per heavy atom. The van der Waals surface area contributed by atoms with Crippen molar-refractivity contribution in [2.45, 2.75) is 26.5 Å². The number of carbonyl (C=O) groups excluding carboxylic acids is 1. The molecule has 0 aliphatic carbocycles. The maximum Gasteiger partial charge on any atom is 0.187 e. The molecule has 22 heavy (non-hydrogen) atoms. The minimum Gasteiger partial charge on any atom is -0.468 e. The summed E-state index contributed by atoms with van der Waals surface area (Å²) in [4.78, 5) is 12.4. The number of hydrogen-bond donors (Lipinski definition) is 1. The van der Waals surface area contributed by atoms with Crippen LogP contribution in [0.3, 0.4) is 0 Å². The fourth-order valence-corrected chi connectivity index (χ4v) is 2.56. The second-order valence-corrected chi connectivity index (χ2v) is 6.03. The van der Waals surface area contributed by atoms with Crippen molar-refractivity contribution in [3.05, 3.63) is 71.3 Å². The zero-order valence-electron chi connectivity index (χ0n) is 13.0. The Hall–Kier alpha value is -2.55. The molecule has 0 unspecified atom stereocenters. The van der Waals surface area contributed by atoms with Gasteiger partial charge in [0.25, 0.3) is 0 Å². The minimum absolute atomic E-state index is 0.0210. The van der Waals surface area contributed by atoms with E-state index in [4.69, 9.17) is 4.74 Å². The van der Waals surface area contributed by atoms with E-state index in [1.165, 1.54) is 0 Å². The average Bonchev–Trinajstić information content (AvgIpc) is 2.46. The van der Waals surface area contributed by atoms with Gasteiger partial charge in [-0.05, 0) is 38.5 Å². The van der Waals surface area contributed by atoms with Crippen molar-refractivity contribution in [2.24, 2.45) is 0 Å². The van der Waals surface area contributed by atoms with E-state index in [1.807, 2.05) is 69.3 Å². The van der Waals surface area contributed by atoms with Crippen LogP contribution in [-0.4, -0.2) is 11.5 Å². The van der Waals surface area contributed by atoms with E-state index in [2.05, 4.69) is 5.32 Å². The van der Waals surface area contributed by atoms with Crippen LogP contribution in [-0.2, 0) is 0 Å². The summed E-state index contributed by atoms with van der Waals surface area (Å²) in [5.41, 5.74) is 2.96. The van der Waals surface area contributed by atoms with E-state index in [0.717, 1.165) is 22.6 Å². The third-order valence-corrected chi connectivity index (χ3v) is 3.56. The van der Waals surface area contributed by atoms with E-state index in [-0.39, 0.29) is 5.78 Å². The van der Waals surface area contributed by atoms with E-state index in [1.54, 1.807) is 6.08 Å². The highest BCUT2D eigenvalue weighted by atomic mass is 16.5. The molecule has 112 valence electrons. The maximum absolute atomic E-state index is 12.4. The summed E-state index contributed by atoms with van der Waals surface area (Å²) >= 11 is 0. The standard InChI is InChI=1S/C19H19NO2/c1-13-9-10-15-16(20-19(2,3)22-18(15)11-13)12-17(21)14-7-5-4-6-8-14/h4-12,20H,1-3H3/b16-12-. The van der Waals surface area contributed by atoms with Crippen LogP contribution in [0.25, 0.3) is 5.70 Å². The van der Waals surface area contributed by atoms with Gasteiger partial charge in [-0.1, -0.05) is 36.4 Å². The summed E-state index contributed by atoms with van der Waals surface area (Å²) in [5.74, 6) is 0.781. The van der Waals surface area contributed by atoms with Crippen LogP contribution in [0.2, 0.25) is 0 Å². The lowest BCUT2D eigenvalue weighted by molar-refractivity contribution is 0.0816. The van der Waals surface area contributed by atoms with Crippen molar-refractivity contribution in [1.29, 1.82) is 0 Å². The number of carbonyl (C=O) groups is 1. The maximum atomic E-state index is 12.4. The number of nitrogens with one attached hydrogen (secondary N) is 1. The Balaban J connectivity index is 2.03. The van der Waals surface area contributed by atoms with Crippen LogP contribution in [0.1, 0.15) is 35.3 Å². The molecule has 0 radical (unpaired) electrons. The summed E-state index contributed by atoms with van der Waals surface area (Å²) in [5, 5.41) is 3.29. The summed E-state index contributed by atoms with van der Waals surface area (Å²) in [6.45, 7) is 5.91. The number of ketones is 1. The predicted octanol–water partition coefficient (Wildman–Crippen LogP) is 3.94. The number of fused-ring (bicyclic) bond motifs is 1. The molecular formula is C19H19NO2. The lowest BCUT2D eigenvalue weighted by atomic mass is 10.0. The second kappa shape index (κ2) is 5.34. The van der Waals surface area contributed by atoms with Crippen LogP contribution in [0, 0.1) is 6.92 Å². The highest BCUT2D eigenvalue weighted by Gasteiger charge is 2.29. The first-order valence-electron chi connectivity index (χ1n) is 7.34. The molecule has 1 aliphatic heterocycles. The third kappa shape index (κ3) is 2.89. The van der Waals surface area contributed by atoms with Gasteiger partial charge in [0.15, 0.2) is 11.5 Å². The summed E-state index contributed by atoms with van der Waals surface area (Å²) in [7, 11) is 0. The summed E-state index contributed by atoms with van der Waals surface area (Å²) in [6, 6.07) is 15.3. The van der Waals surface area contributed by atoms with Crippen molar-refractivity contribution in [3.63, 3.8) is 0 Å². The van der Waals surface area contributed by atoms with E-state index < -0.39 is 5.72 Å². The highest BCUT2D eigenvalue weighted by molar-refractivity contribution is 6.08. The highest BCUT2D eigenvalue weighted by Crippen LogP contribution is 2.34. The van der Waals surface area contributed by atoms with Gasteiger partial charge in [0.05, 0.1) is 5.70 Å². The lowest BCUT2D eigenvalue weighted by Gasteiger charge is -2.36. The van der Waals surface area contributed by atoms with Gasteiger partial charge in [0, 0.05) is 17.2 Å². The van der Waals surface area contributed by atoms with Gasteiger partial charge < -0.3 is 10.1 Å². The molecule has 0 saturated heterocycles. The molecule has 2 aromatic carbocycles. The van der Waals surface area contributed by atoms with Gasteiger partial charge in [-0.15, -0.1) is 0 Å². The van der Waals surface area contributed by atoms with E-state index in [9.17, 15) is 4.79 Å². The van der Waals surface area contributed by atoms with E-state index >= 15 is 0 Å². The lowest BCUT2D eigenvalue weighted by Crippen LogP contribution is -2.46. The van der Waals surface area contributed by atoms with Crippen molar-refractivity contribution in [1.82, 2.24) is 5.32 Å². The molecule has 0 amide bonds. The predicted molar refractivity (Wildman–Crippen MR) is 87.8 cm³/mol. The quantitative estimate of drug-likeness (QED) is 0.673. The third-order valence-electron chi connectivity index (χ3n) is 3.56. The molecule has 0 saturated carbocycles. The first-order chi connectivity index (χ1) is 10.4. The fraction of sp³-hybridized carbons (Fsp3) is 0.211. The topological polar surface area (TPSA) is 38.3 Å². The molecule has 3 nitrogen and oxygen atoms in total. The summed E-state index contributed by atoms with van der Waals surface area (Å²) < 4.78 is 5.95. The van der Waals surface area contributed by atoms with Gasteiger partial charge >= 0.3 is 0 Å². The van der Waals surface area contributed by atoms with Gasteiger partial charge in [-0.2, -0.15) is 0 Å². The van der Waals surface area contributed by atoms with Crippen LogP contribution >= 0.6 is 0 Å². The SMILES string of the molecule is Cc1ccc2c(c1)OC(C)(C)N/C2=C\C(=O)c1ccccc1. The molecule has 0 spiro atoms. The molecule has 1 aliphatic rings. The molecule has 1 heterocycles. The molecule has 1 N–H and O–H groups in total. The molecular weight excluding hydrogens is 274 g/mol. The smallest absolute Gasteiger partial charge is 0.187 e.